The molecule has 1 heterocycles. The zero-order valence-electron chi connectivity index (χ0n) is 11.6. The molecule has 0 unspecified atom stereocenters. The van der Waals surface area contributed by atoms with Crippen LogP contribution in [-0.4, -0.2) is 24.7 Å². The summed E-state index contributed by atoms with van der Waals surface area (Å²) in [6, 6.07) is 2.39. The third kappa shape index (κ3) is 3.94. The van der Waals surface area contributed by atoms with Crippen LogP contribution in [0.5, 0.6) is 0 Å². The molecule has 2 rings (SSSR count). The van der Waals surface area contributed by atoms with Gasteiger partial charge in [0.25, 0.3) is 0 Å². The fourth-order valence-corrected chi connectivity index (χ4v) is 3.07. The van der Waals surface area contributed by atoms with Crippen LogP contribution in [0.4, 0.5) is 0 Å². The van der Waals surface area contributed by atoms with Crippen LogP contribution in [-0.2, 0) is 9.53 Å². The van der Waals surface area contributed by atoms with Gasteiger partial charge >= 0.3 is 0 Å². The topological polar surface area (TPSA) is 62.1 Å². The summed E-state index contributed by atoms with van der Waals surface area (Å²) >= 11 is 0. The SMILES string of the molecule is N#CC1(NC(=O)C2CCOCC2)CCCCCCC1. The molecular formula is C15H24N2O2. The number of nitrogens with one attached hydrogen (secondary N) is 1. The molecule has 106 valence electrons. The Balaban J connectivity index is 1.95. The Morgan fingerprint density at radius 1 is 1.11 bits per heavy atom. The number of carbonyl (C=O) groups is 1. The average Bonchev–Trinajstić information content (AvgIpc) is 2.43. The molecule has 1 saturated heterocycles. The highest BCUT2D eigenvalue weighted by Gasteiger charge is 2.34. The van der Waals surface area contributed by atoms with Crippen molar-refractivity contribution in [3.63, 3.8) is 0 Å². The lowest BCUT2D eigenvalue weighted by atomic mass is 9.84. The van der Waals surface area contributed by atoms with Gasteiger partial charge in [-0.3, -0.25) is 4.79 Å². The maximum absolute atomic E-state index is 12.3. The number of nitriles is 1. The summed E-state index contributed by atoms with van der Waals surface area (Å²) in [5.41, 5.74) is -0.615. The summed E-state index contributed by atoms with van der Waals surface area (Å²) in [5, 5.41) is 12.6. The van der Waals surface area contributed by atoms with E-state index in [0.29, 0.717) is 13.2 Å². The number of rotatable bonds is 2. The smallest absolute Gasteiger partial charge is 0.224 e. The van der Waals surface area contributed by atoms with E-state index >= 15 is 0 Å². The Morgan fingerprint density at radius 2 is 1.68 bits per heavy atom. The van der Waals surface area contributed by atoms with Gasteiger partial charge in [-0.1, -0.05) is 32.1 Å². The number of hydrogen-bond donors (Lipinski definition) is 1. The molecule has 1 N–H and O–H groups in total. The Bertz CT molecular complexity index is 335. The first-order valence-corrected chi connectivity index (χ1v) is 7.57. The minimum atomic E-state index is -0.615. The van der Waals surface area contributed by atoms with E-state index in [4.69, 9.17) is 4.74 Å². The van der Waals surface area contributed by atoms with Crippen molar-refractivity contribution in [2.24, 2.45) is 5.92 Å². The van der Waals surface area contributed by atoms with Gasteiger partial charge < -0.3 is 10.1 Å². The van der Waals surface area contributed by atoms with E-state index in [1.807, 2.05) is 0 Å². The van der Waals surface area contributed by atoms with Crippen LogP contribution in [0, 0.1) is 17.2 Å². The van der Waals surface area contributed by atoms with Crippen molar-refractivity contribution in [1.82, 2.24) is 5.32 Å². The summed E-state index contributed by atoms with van der Waals surface area (Å²) in [7, 11) is 0. The number of amides is 1. The zero-order valence-corrected chi connectivity index (χ0v) is 11.6. The van der Waals surface area contributed by atoms with Crippen LogP contribution in [0.2, 0.25) is 0 Å². The van der Waals surface area contributed by atoms with Crippen LogP contribution in [0.15, 0.2) is 0 Å². The molecule has 2 aliphatic rings. The maximum atomic E-state index is 12.3. The van der Waals surface area contributed by atoms with Gasteiger partial charge in [0.1, 0.15) is 5.54 Å². The van der Waals surface area contributed by atoms with Crippen molar-refractivity contribution in [3.8, 4) is 6.07 Å². The highest BCUT2D eigenvalue weighted by atomic mass is 16.5. The van der Waals surface area contributed by atoms with Gasteiger partial charge in [0, 0.05) is 19.1 Å². The molecule has 0 radical (unpaired) electrons. The fraction of sp³-hybridized carbons (Fsp3) is 0.867. The number of ether oxygens (including phenoxy) is 1. The molecule has 4 nitrogen and oxygen atoms in total. The predicted octanol–water partition coefficient (Wildman–Crippen LogP) is 2.54. The van der Waals surface area contributed by atoms with Crippen molar-refractivity contribution in [2.45, 2.75) is 63.3 Å². The molecule has 19 heavy (non-hydrogen) atoms. The molecular weight excluding hydrogens is 240 g/mol. The lowest BCUT2D eigenvalue weighted by Crippen LogP contribution is -2.50. The standard InChI is InChI=1S/C15H24N2O2/c16-12-15(8-4-2-1-3-5-9-15)17-14(18)13-6-10-19-11-7-13/h13H,1-11H2,(H,17,18). The van der Waals surface area contributed by atoms with Gasteiger partial charge in [-0.25, -0.2) is 0 Å². The Morgan fingerprint density at radius 3 is 2.26 bits per heavy atom. The lowest BCUT2D eigenvalue weighted by Gasteiger charge is -2.32. The molecule has 0 atom stereocenters. The van der Waals surface area contributed by atoms with Gasteiger partial charge in [0.05, 0.1) is 6.07 Å². The van der Waals surface area contributed by atoms with Crippen molar-refractivity contribution in [3.05, 3.63) is 0 Å². The highest BCUT2D eigenvalue weighted by molar-refractivity contribution is 5.80. The summed E-state index contributed by atoms with van der Waals surface area (Å²) in [6.45, 7) is 1.33. The molecule has 0 aromatic carbocycles. The molecule has 1 aliphatic carbocycles. The number of nitrogens with zero attached hydrogens (tertiary/aromatic N) is 1. The summed E-state index contributed by atoms with van der Waals surface area (Å²) in [4.78, 5) is 12.3. The van der Waals surface area contributed by atoms with E-state index < -0.39 is 5.54 Å². The average molecular weight is 264 g/mol. The second-order valence-electron chi connectivity index (χ2n) is 5.84. The highest BCUT2D eigenvalue weighted by Crippen LogP contribution is 2.27. The Labute approximate surface area is 115 Å². The van der Waals surface area contributed by atoms with Crippen molar-refractivity contribution in [2.75, 3.05) is 13.2 Å². The second-order valence-corrected chi connectivity index (χ2v) is 5.84. The monoisotopic (exact) mass is 264 g/mol. The fourth-order valence-electron chi connectivity index (χ4n) is 3.07. The lowest BCUT2D eigenvalue weighted by molar-refractivity contribution is -0.129. The van der Waals surface area contributed by atoms with Crippen LogP contribution in [0.1, 0.15) is 57.8 Å². The van der Waals surface area contributed by atoms with Gasteiger partial charge in [0.2, 0.25) is 5.91 Å². The largest absolute Gasteiger partial charge is 0.381 e. The number of hydrogen-bond acceptors (Lipinski definition) is 3. The van der Waals surface area contributed by atoms with Crippen molar-refractivity contribution in [1.29, 1.82) is 5.26 Å². The zero-order chi connectivity index (χ0) is 13.6. The summed E-state index contributed by atoms with van der Waals surface area (Å²) in [6.07, 6.45) is 8.88. The molecule has 0 spiro atoms. The normalized spacial score (nSPS) is 24.8. The van der Waals surface area contributed by atoms with E-state index in [9.17, 15) is 10.1 Å². The van der Waals surface area contributed by atoms with E-state index in [-0.39, 0.29) is 11.8 Å². The Hall–Kier alpha value is -1.08. The van der Waals surface area contributed by atoms with Crippen LogP contribution in [0.25, 0.3) is 0 Å². The van der Waals surface area contributed by atoms with E-state index in [1.165, 1.54) is 19.3 Å². The van der Waals surface area contributed by atoms with E-state index in [2.05, 4.69) is 11.4 Å². The first-order chi connectivity index (χ1) is 9.26. The van der Waals surface area contributed by atoms with Gasteiger partial charge in [0.15, 0.2) is 0 Å². The number of carbonyl (C=O) groups excluding carboxylic acids is 1. The van der Waals surface area contributed by atoms with Crippen LogP contribution >= 0.6 is 0 Å². The minimum Gasteiger partial charge on any atom is -0.381 e. The van der Waals surface area contributed by atoms with Crippen molar-refractivity contribution < 1.29 is 9.53 Å². The quantitative estimate of drug-likeness (QED) is 0.833. The maximum Gasteiger partial charge on any atom is 0.224 e. The van der Waals surface area contributed by atoms with Crippen LogP contribution < -0.4 is 5.32 Å². The van der Waals surface area contributed by atoms with Crippen LogP contribution in [0.3, 0.4) is 0 Å². The summed E-state index contributed by atoms with van der Waals surface area (Å²) in [5.74, 6) is 0.0924. The Kier molecular flexibility index (Phi) is 5.21. The van der Waals surface area contributed by atoms with Gasteiger partial charge in [-0.15, -0.1) is 0 Å². The molecule has 0 bridgehead atoms. The van der Waals surface area contributed by atoms with Gasteiger partial charge in [-0.05, 0) is 25.7 Å². The van der Waals surface area contributed by atoms with Gasteiger partial charge in [-0.2, -0.15) is 5.26 Å². The third-order valence-corrected chi connectivity index (χ3v) is 4.38. The third-order valence-electron chi connectivity index (χ3n) is 4.38. The second kappa shape index (κ2) is 6.91. The first kappa shape index (κ1) is 14.3. The molecule has 2 fully saturated rings. The molecule has 0 aromatic rings. The predicted molar refractivity (Wildman–Crippen MR) is 72.3 cm³/mol. The molecule has 1 aliphatic heterocycles. The first-order valence-electron chi connectivity index (χ1n) is 7.57. The van der Waals surface area contributed by atoms with E-state index in [0.717, 1.165) is 38.5 Å². The minimum absolute atomic E-state index is 0.0319. The molecule has 4 heteroatoms. The van der Waals surface area contributed by atoms with E-state index in [1.54, 1.807) is 0 Å². The summed E-state index contributed by atoms with van der Waals surface area (Å²) < 4.78 is 5.28. The molecule has 0 aromatic heterocycles. The molecule has 1 saturated carbocycles. The van der Waals surface area contributed by atoms with Crippen molar-refractivity contribution >= 4 is 5.91 Å². The molecule has 1 amide bonds.